The Morgan fingerprint density at radius 3 is 0.842 bits per heavy atom. The second-order valence-corrected chi connectivity index (χ2v) is 11.7. The first-order valence-electron chi connectivity index (χ1n) is 12.3. The second kappa shape index (κ2) is 13.1. The van der Waals surface area contributed by atoms with Crippen molar-refractivity contribution in [2.75, 3.05) is 0 Å². The van der Waals surface area contributed by atoms with Crippen LogP contribution in [-0.2, 0) is 13.1 Å². The predicted molar refractivity (Wildman–Crippen MR) is 108 cm³/mol. The number of imidazole rings is 1. The molecule has 57 heavy (non-hydrogen) atoms. The molecule has 0 amide bonds. The highest BCUT2D eigenvalue weighted by Crippen LogP contribution is 2.67. The van der Waals surface area contributed by atoms with Crippen LogP contribution in [0.15, 0.2) is 17.6 Å². The van der Waals surface area contributed by atoms with Gasteiger partial charge in [-0.2, -0.15) is 154 Å². The van der Waals surface area contributed by atoms with E-state index in [2.05, 4.69) is 0 Å². The van der Waals surface area contributed by atoms with Gasteiger partial charge in [0, 0.05) is 11.8 Å². The Balaban J connectivity index is 4.00. The van der Waals surface area contributed by atoms with E-state index in [0.717, 1.165) is 0 Å². The maximum Gasteiger partial charge on any atom is 0.470 e. The molecule has 0 aliphatic rings. The number of rotatable bonds is 15. The summed E-state index contributed by atoms with van der Waals surface area (Å²) in [6.07, 6.45) is -18.5. The number of thioether (sulfide) groups is 1. The quantitative estimate of drug-likeness (QED) is 0.0967. The van der Waals surface area contributed by atoms with Crippen molar-refractivity contribution in [3.05, 3.63) is 12.4 Å². The van der Waals surface area contributed by atoms with Crippen molar-refractivity contribution in [3.8, 4) is 0 Å². The molecule has 1 aromatic heterocycles. The Labute approximate surface area is 290 Å². The van der Waals surface area contributed by atoms with Crippen molar-refractivity contribution >= 4 is 11.8 Å². The molecule has 0 aromatic carbocycles. The van der Waals surface area contributed by atoms with Crippen LogP contribution in [0.4, 0.5) is 149 Å². The third kappa shape index (κ3) is 6.43. The molecular formula is C20H5F34N2S+. The topological polar surface area (TPSA) is 8.81 Å². The fraction of sp³-hybridized carbons (Fsp3) is 0.850. The van der Waals surface area contributed by atoms with E-state index in [0.29, 0.717) is 0 Å². The number of hydrogen-bond acceptors (Lipinski definition) is 1. The van der Waals surface area contributed by atoms with Gasteiger partial charge in [-0.15, -0.1) is 0 Å². The number of aryl methyl sites for hydroxylation is 1. The number of halogens is 34. The largest absolute Gasteiger partial charge is 0.470 e. The standard InChI is InChI=1S/C20H5F34N2S/c1-55-2-3-56(19(51,52)15(41,42)11(33,34)7(25,26)5(21,22)9(29,30)13(37,38)17(45,46)47)4(55)57-20(53,54)16(43,44)12(35,36)8(27,28)6(23,24)10(31,32)14(39,40)18(48,49)50/h2-3H,1H3/q+1. The Morgan fingerprint density at radius 2 is 0.579 bits per heavy atom. The zero-order valence-corrected chi connectivity index (χ0v) is 25.6. The molecular weight excluding hydrogens is 946 g/mol. The first-order chi connectivity index (χ1) is 24.1. The van der Waals surface area contributed by atoms with E-state index < -0.39 is 133 Å². The summed E-state index contributed by atoms with van der Waals surface area (Å²) in [6, 6.07) is -8.09. The molecule has 2 nitrogen and oxygen atoms in total. The zero-order chi connectivity index (χ0) is 46.9. The van der Waals surface area contributed by atoms with Crippen LogP contribution in [0, 0.1) is 0 Å². The van der Waals surface area contributed by atoms with Crippen LogP contribution in [0.25, 0.3) is 0 Å². The van der Waals surface area contributed by atoms with E-state index in [-0.39, 0.29) is 7.05 Å². The summed E-state index contributed by atoms with van der Waals surface area (Å²) < 4.78 is 456. The van der Waals surface area contributed by atoms with E-state index in [1.807, 2.05) is 0 Å². The molecule has 0 atom stereocenters. The van der Waals surface area contributed by atoms with Crippen LogP contribution in [0.5, 0.6) is 0 Å². The van der Waals surface area contributed by atoms with Gasteiger partial charge in [0.25, 0.3) is 0 Å². The maximum absolute atomic E-state index is 14.7. The molecule has 0 unspecified atom stereocenters. The van der Waals surface area contributed by atoms with Crippen molar-refractivity contribution < 1.29 is 154 Å². The SMILES string of the molecule is C[n+]1ccn(C(F)(F)C(F)(F)C(F)(F)C(F)(F)C(F)(F)C(F)(F)C(F)(F)C(F)(F)F)c1SC(F)(F)C(F)(F)C(F)(F)C(F)(F)C(F)(F)C(F)(F)C(F)(F)C(F)(F)F. The molecule has 0 radical (unpaired) electrons. The Morgan fingerprint density at radius 1 is 0.351 bits per heavy atom. The van der Waals surface area contributed by atoms with Gasteiger partial charge in [0.1, 0.15) is 12.4 Å². The summed E-state index contributed by atoms with van der Waals surface area (Å²) >= 11 is -3.31. The average Bonchev–Trinajstić information content (AvgIpc) is 3.34. The summed E-state index contributed by atoms with van der Waals surface area (Å²) in [4.78, 5) is 0. The van der Waals surface area contributed by atoms with Gasteiger partial charge in [-0.1, -0.05) is 0 Å². The molecule has 0 saturated heterocycles. The summed E-state index contributed by atoms with van der Waals surface area (Å²) in [5.41, 5.74) is 0. The van der Waals surface area contributed by atoms with Crippen LogP contribution >= 0.6 is 11.8 Å². The molecule has 1 rings (SSSR count). The first kappa shape index (κ1) is 52.2. The molecule has 0 spiro atoms. The van der Waals surface area contributed by atoms with Crippen molar-refractivity contribution in [3.63, 3.8) is 0 Å². The van der Waals surface area contributed by atoms with Crippen LogP contribution in [-0.4, -0.2) is 93.2 Å². The summed E-state index contributed by atoms with van der Waals surface area (Å²) in [5.74, 6) is -109. The van der Waals surface area contributed by atoms with Gasteiger partial charge in [-0.3, -0.25) is 0 Å². The summed E-state index contributed by atoms with van der Waals surface area (Å²) in [5, 5.41) is -11.5. The van der Waals surface area contributed by atoms with Crippen molar-refractivity contribution in [2.24, 2.45) is 7.05 Å². The molecule has 1 heterocycles. The number of aromatic nitrogens is 2. The minimum Gasteiger partial charge on any atom is -0.227 e. The van der Waals surface area contributed by atoms with Crippen molar-refractivity contribution in [1.29, 1.82) is 0 Å². The van der Waals surface area contributed by atoms with Gasteiger partial charge < -0.3 is 0 Å². The molecule has 338 valence electrons. The molecule has 0 saturated carbocycles. The lowest BCUT2D eigenvalue weighted by atomic mass is 9.90. The molecule has 0 aliphatic carbocycles. The smallest absolute Gasteiger partial charge is 0.227 e. The minimum absolute atomic E-state index is 0.386. The zero-order valence-electron chi connectivity index (χ0n) is 24.8. The molecule has 37 heteroatoms. The summed E-state index contributed by atoms with van der Waals surface area (Å²) in [7, 11) is -0.386. The first-order valence-corrected chi connectivity index (χ1v) is 13.1. The highest BCUT2D eigenvalue weighted by atomic mass is 32.2. The van der Waals surface area contributed by atoms with Crippen LogP contribution in [0.1, 0.15) is 0 Å². The van der Waals surface area contributed by atoms with Crippen LogP contribution < -0.4 is 4.57 Å². The van der Waals surface area contributed by atoms with Crippen molar-refractivity contribution in [2.45, 2.75) is 99.9 Å². The normalized spacial score (nSPS) is 16.8. The lowest BCUT2D eigenvalue weighted by Crippen LogP contribution is -2.74. The Bertz CT molecular complexity index is 1620. The molecule has 1 aromatic rings. The van der Waals surface area contributed by atoms with Gasteiger partial charge >= 0.3 is 99.9 Å². The summed E-state index contributed by atoms with van der Waals surface area (Å²) in [6.45, 7) is 0. The monoisotopic (exact) mass is 951 g/mol. The Hall–Kier alpha value is -2.82. The van der Waals surface area contributed by atoms with Gasteiger partial charge in [0.2, 0.25) is 0 Å². The van der Waals surface area contributed by atoms with E-state index in [1.165, 1.54) is 0 Å². The number of nitrogens with zero attached hydrogens (tertiary/aromatic N) is 2. The molecule has 0 bridgehead atoms. The third-order valence-corrected chi connectivity index (χ3v) is 8.05. The lowest BCUT2D eigenvalue weighted by Gasteiger charge is -2.42. The van der Waals surface area contributed by atoms with Gasteiger partial charge in [0.15, 0.2) is 0 Å². The van der Waals surface area contributed by atoms with Crippen LogP contribution in [0.2, 0.25) is 0 Å². The minimum atomic E-state index is -9.37. The molecule has 0 N–H and O–H groups in total. The second-order valence-electron chi connectivity index (χ2n) is 10.6. The highest BCUT2D eigenvalue weighted by molar-refractivity contribution is 8.00. The van der Waals surface area contributed by atoms with E-state index in [4.69, 9.17) is 0 Å². The van der Waals surface area contributed by atoms with Crippen molar-refractivity contribution in [1.82, 2.24) is 4.57 Å². The van der Waals surface area contributed by atoms with E-state index in [9.17, 15) is 149 Å². The fourth-order valence-corrected chi connectivity index (χ4v) is 4.40. The third-order valence-electron chi connectivity index (χ3n) is 6.87. The van der Waals surface area contributed by atoms with Gasteiger partial charge in [-0.05, 0) is 0 Å². The number of hydrogen-bond donors (Lipinski definition) is 0. The predicted octanol–water partition coefficient (Wildman–Crippen LogP) is 11.3. The number of alkyl halides is 34. The fourth-order valence-electron chi connectivity index (χ4n) is 3.43. The van der Waals surface area contributed by atoms with Gasteiger partial charge in [-0.25, -0.2) is 4.57 Å². The highest BCUT2D eigenvalue weighted by Gasteiger charge is 2.98. The molecule has 0 fully saturated rings. The maximum atomic E-state index is 14.7. The average molecular weight is 951 g/mol. The molecule has 0 aliphatic heterocycles. The van der Waals surface area contributed by atoms with E-state index >= 15 is 0 Å². The van der Waals surface area contributed by atoms with Gasteiger partial charge in [0.05, 0.1) is 7.05 Å². The Kier molecular flexibility index (Phi) is 12.0. The lowest BCUT2D eigenvalue weighted by molar-refractivity contribution is -0.711. The van der Waals surface area contributed by atoms with Crippen LogP contribution in [0.3, 0.4) is 0 Å². The van der Waals surface area contributed by atoms with E-state index in [1.54, 1.807) is 0 Å².